The van der Waals surface area contributed by atoms with E-state index in [-0.39, 0.29) is 41.8 Å². The number of halogens is 1. The first-order chi connectivity index (χ1) is 13.8. The molecule has 0 radical (unpaired) electrons. The second kappa shape index (κ2) is 11.0. The fraction of sp³-hybridized carbons (Fsp3) is 0.381. The lowest BCUT2D eigenvalue weighted by Crippen LogP contribution is -2.37. The zero-order valence-corrected chi connectivity index (χ0v) is 20.3. The number of nitrogens with zero attached hydrogens (tertiary/aromatic N) is 1. The number of benzene rings is 2. The summed E-state index contributed by atoms with van der Waals surface area (Å²) in [6.07, 6.45) is 0.820. The van der Waals surface area contributed by atoms with E-state index in [9.17, 15) is 8.42 Å². The number of rotatable bonds is 7. The lowest BCUT2D eigenvalue weighted by atomic mass is 10.0. The normalized spacial score (nSPS) is 16.4. The van der Waals surface area contributed by atoms with Crippen LogP contribution in [0.2, 0.25) is 0 Å². The fourth-order valence-corrected chi connectivity index (χ4v) is 4.69. The summed E-state index contributed by atoms with van der Waals surface area (Å²) < 4.78 is 32.3. The summed E-state index contributed by atoms with van der Waals surface area (Å²) in [4.78, 5) is 4.42. The molecular weight excluding hydrogens is 515 g/mol. The monoisotopic (exact) mass is 544 g/mol. The average Bonchev–Trinajstić information content (AvgIpc) is 2.66. The van der Waals surface area contributed by atoms with Crippen molar-refractivity contribution in [1.82, 2.24) is 10.0 Å². The molecule has 7 nitrogen and oxygen atoms in total. The average molecular weight is 544 g/mol. The highest BCUT2D eigenvalue weighted by molar-refractivity contribution is 14.0. The molecule has 1 atom stereocenters. The zero-order chi connectivity index (χ0) is 20.9. The largest absolute Gasteiger partial charge is 0.493 e. The van der Waals surface area contributed by atoms with E-state index in [0.29, 0.717) is 19.1 Å². The van der Waals surface area contributed by atoms with Gasteiger partial charge in [0.25, 0.3) is 0 Å². The highest BCUT2D eigenvalue weighted by Crippen LogP contribution is 2.31. The summed E-state index contributed by atoms with van der Waals surface area (Å²) >= 11 is 0. The van der Waals surface area contributed by atoms with Gasteiger partial charge in [-0.25, -0.2) is 18.1 Å². The maximum atomic E-state index is 12.0. The topological polar surface area (TPSA) is 106 Å². The predicted octanol–water partition coefficient (Wildman–Crippen LogP) is 3.06. The van der Waals surface area contributed by atoms with Gasteiger partial charge in [0.2, 0.25) is 10.0 Å². The zero-order valence-electron chi connectivity index (χ0n) is 17.2. The Bertz CT molecular complexity index is 962. The molecule has 0 spiro atoms. The van der Waals surface area contributed by atoms with Crippen LogP contribution in [-0.2, 0) is 22.3 Å². The maximum absolute atomic E-state index is 12.0. The van der Waals surface area contributed by atoms with Crippen molar-refractivity contribution in [3.05, 3.63) is 65.2 Å². The number of hydrogen-bond acceptors (Lipinski definition) is 4. The SMILES string of the molecule is CC(C)NS(=O)(=O)Cc1ccc(CN=C(N)NC2CCOc3ccccc32)cc1.I. The summed E-state index contributed by atoms with van der Waals surface area (Å²) in [6, 6.07) is 15.2. The number of ether oxygens (including phenoxy) is 1. The Balaban J connectivity index is 0.00000320. The van der Waals surface area contributed by atoms with E-state index < -0.39 is 10.0 Å². The summed E-state index contributed by atoms with van der Waals surface area (Å²) in [5.41, 5.74) is 8.85. The minimum Gasteiger partial charge on any atom is -0.493 e. The molecule has 0 amide bonds. The van der Waals surface area contributed by atoms with Crippen LogP contribution in [0, 0.1) is 0 Å². The molecule has 164 valence electrons. The van der Waals surface area contributed by atoms with Crippen molar-refractivity contribution in [2.45, 2.75) is 44.6 Å². The van der Waals surface area contributed by atoms with Gasteiger partial charge in [0.1, 0.15) is 5.75 Å². The third-order valence-corrected chi connectivity index (χ3v) is 6.05. The van der Waals surface area contributed by atoms with Crippen molar-refractivity contribution >= 4 is 40.0 Å². The predicted molar refractivity (Wildman–Crippen MR) is 131 cm³/mol. The Hall–Kier alpha value is -1.85. The minimum absolute atomic E-state index is 0. The summed E-state index contributed by atoms with van der Waals surface area (Å²) in [7, 11) is -3.33. The van der Waals surface area contributed by atoms with E-state index in [0.717, 1.165) is 28.9 Å². The highest BCUT2D eigenvalue weighted by Gasteiger charge is 2.21. The molecule has 2 aromatic carbocycles. The molecule has 4 N–H and O–H groups in total. The van der Waals surface area contributed by atoms with Gasteiger partial charge in [0.05, 0.1) is 24.9 Å². The van der Waals surface area contributed by atoms with Crippen molar-refractivity contribution in [2.75, 3.05) is 6.61 Å². The first kappa shape index (κ1) is 24.4. The van der Waals surface area contributed by atoms with Crippen LogP contribution in [0.5, 0.6) is 5.75 Å². The molecule has 1 aliphatic rings. The number of aliphatic imine (C=N–C) groups is 1. The second-order valence-corrected chi connectivity index (χ2v) is 9.18. The van der Waals surface area contributed by atoms with Crippen molar-refractivity contribution in [3.63, 3.8) is 0 Å². The van der Waals surface area contributed by atoms with Gasteiger partial charge in [-0.15, -0.1) is 24.0 Å². The van der Waals surface area contributed by atoms with Crippen LogP contribution in [0.4, 0.5) is 0 Å². The van der Waals surface area contributed by atoms with E-state index in [4.69, 9.17) is 10.5 Å². The van der Waals surface area contributed by atoms with E-state index in [1.165, 1.54) is 0 Å². The number of nitrogens with two attached hydrogens (primary N) is 1. The number of hydrogen-bond donors (Lipinski definition) is 3. The Morgan fingerprint density at radius 2 is 1.83 bits per heavy atom. The molecule has 0 saturated heterocycles. The molecule has 9 heteroatoms. The molecule has 1 heterocycles. The second-order valence-electron chi connectivity index (χ2n) is 7.42. The Morgan fingerprint density at radius 3 is 2.53 bits per heavy atom. The standard InChI is InChI=1S/C21H28N4O3S.HI/c1-15(2)25-29(26,27)14-17-9-7-16(8-10-17)13-23-21(22)24-19-11-12-28-20-6-4-3-5-18(19)20;/h3-10,15,19,25H,11-14H2,1-2H3,(H3,22,23,24);1H. The van der Waals surface area contributed by atoms with Gasteiger partial charge in [-0.05, 0) is 31.0 Å². The van der Waals surface area contributed by atoms with Gasteiger partial charge in [0, 0.05) is 18.0 Å². The Morgan fingerprint density at radius 1 is 1.17 bits per heavy atom. The van der Waals surface area contributed by atoms with E-state index in [1.807, 2.05) is 48.5 Å². The van der Waals surface area contributed by atoms with Crippen molar-refractivity contribution in [1.29, 1.82) is 0 Å². The molecule has 0 fully saturated rings. The van der Waals surface area contributed by atoms with Gasteiger partial charge in [0.15, 0.2) is 5.96 Å². The third kappa shape index (κ3) is 7.13. The quantitative estimate of drug-likeness (QED) is 0.282. The molecule has 30 heavy (non-hydrogen) atoms. The van der Waals surface area contributed by atoms with Gasteiger partial charge in [-0.1, -0.05) is 42.5 Å². The molecule has 1 aliphatic heterocycles. The first-order valence-electron chi connectivity index (χ1n) is 9.68. The summed E-state index contributed by atoms with van der Waals surface area (Å²) in [5, 5.41) is 3.27. The van der Waals surface area contributed by atoms with E-state index >= 15 is 0 Å². The fourth-order valence-electron chi connectivity index (χ4n) is 3.25. The smallest absolute Gasteiger partial charge is 0.216 e. The van der Waals surface area contributed by atoms with Crippen LogP contribution in [-0.4, -0.2) is 27.0 Å². The van der Waals surface area contributed by atoms with Crippen molar-refractivity contribution in [2.24, 2.45) is 10.7 Å². The van der Waals surface area contributed by atoms with E-state index in [2.05, 4.69) is 15.0 Å². The van der Waals surface area contributed by atoms with Gasteiger partial charge in [-0.2, -0.15) is 0 Å². The lowest BCUT2D eigenvalue weighted by Gasteiger charge is -2.26. The van der Waals surface area contributed by atoms with Crippen LogP contribution in [0.15, 0.2) is 53.5 Å². The lowest BCUT2D eigenvalue weighted by molar-refractivity contribution is 0.262. The van der Waals surface area contributed by atoms with E-state index in [1.54, 1.807) is 13.8 Å². The summed E-state index contributed by atoms with van der Waals surface area (Å²) in [6.45, 7) is 4.66. The molecule has 2 aromatic rings. The Kier molecular flexibility index (Phi) is 8.92. The van der Waals surface area contributed by atoms with Crippen LogP contribution in [0.1, 0.15) is 43.0 Å². The number of sulfonamides is 1. The number of nitrogens with one attached hydrogen (secondary N) is 2. The molecule has 0 saturated carbocycles. The van der Waals surface area contributed by atoms with Crippen LogP contribution >= 0.6 is 24.0 Å². The Labute approximate surface area is 195 Å². The van der Waals surface area contributed by atoms with Gasteiger partial charge < -0.3 is 15.8 Å². The third-order valence-electron chi connectivity index (χ3n) is 4.51. The van der Waals surface area contributed by atoms with Crippen LogP contribution < -0.4 is 20.5 Å². The maximum Gasteiger partial charge on any atom is 0.216 e. The molecule has 0 aromatic heterocycles. The first-order valence-corrected chi connectivity index (χ1v) is 11.3. The minimum atomic E-state index is -3.33. The van der Waals surface area contributed by atoms with Gasteiger partial charge >= 0.3 is 0 Å². The molecule has 3 rings (SSSR count). The van der Waals surface area contributed by atoms with Crippen LogP contribution in [0.3, 0.4) is 0 Å². The molecule has 1 unspecified atom stereocenters. The number of guanidine groups is 1. The molecular formula is C21H29IN4O3S. The van der Waals surface area contributed by atoms with Gasteiger partial charge in [-0.3, -0.25) is 0 Å². The molecule has 0 bridgehead atoms. The molecule has 0 aliphatic carbocycles. The van der Waals surface area contributed by atoms with Crippen molar-refractivity contribution < 1.29 is 13.2 Å². The van der Waals surface area contributed by atoms with Crippen molar-refractivity contribution in [3.8, 4) is 5.75 Å². The number of fused-ring (bicyclic) bond motifs is 1. The summed E-state index contributed by atoms with van der Waals surface area (Å²) in [5.74, 6) is 1.21. The number of para-hydroxylation sites is 1. The highest BCUT2D eigenvalue weighted by atomic mass is 127. The van der Waals surface area contributed by atoms with Crippen LogP contribution in [0.25, 0.3) is 0 Å².